The zero-order valence-corrected chi connectivity index (χ0v) is 10.5. The molecule has 1 aromatic heterocycles. The number of aromatic nitrogens is 2. The molecule has 0 aromatic carbocycles. The number of aromatic amines is 1. The summed E-state index contributed by atoms with van der Waals surface area (Å²) in [5, 5.41) is 0. The van der Waals surface area contributed by atoms with E-state index >= 15 is 0 Å². The summed E-state index contributed by atoms with van der Waals surface area (Å²) in [5.41, 5.74) is 2.21. The van der Waals surface area contributed by atoms with Crippen LogP contribution in [-0.2, 0) is 22.4 Å². The Bertz CT molecular complexity index is 356. The topological polar surface area (TPSA) is 55.0 Å². The highest BCUT2D eigenvalue weighted by molar-refractivity contribution is 5.69. The number of ether oxygens (including phenoxy) is 1. The van der Waals surface area contributed by atoms with Crippen molar-refractivity contribution in [2.45, 2.75) is 40.0 Å². The molecule has 1 heterocycles. The van der Waals surface area contributed by atoms with E-state index in [0.717, 1.165) is 23.6 Å². The lowest BCUT2D eigenvalue weighted by molar-refractivity contribution is -0.140. The van der Waals surface area contributed by atoms with Crippen molar-refractivity contribution < 1.29 is 9.53 Å². The van der Waals surface area contributed by atoms with Gasteiger partial charge in [0.05, 0.1) is 19.2 Å². The van der Waals surface area contributed by atoms with Gasteiger partial charge in [0.15, 0.2) is 0 Å². The summed E-state index contributed by atoms with van der Waals surface area (Å²) in [5.74, 6) is 1.27. The van der Waals surface area contributed by atoms with Gasteiger partial charge in [0.25, 0.3) is 0 Å². The summed E-state index contributed by atoms with van der Waals surface area (Å²) in [6, 6.07) is 0. The first-order valence-electron chi connectivity index (χ1n) is 5.64. The fourth-order valence-electron chi connectivity index (χ4n) is 1.59. The number of hydrogen-bond acceptors (Lipinski definition) is 3. The van der Waals surface area contributed by atoms with E-state index in [2.05, 4.69) is 28.6 Å². The first kappa shape index (κ1) is 12.7. The molecule has 90 valence electrons. The number of rotatable bonds is 5. The number of H-pyrrole nitrogens is 1. The van der Waals surface area contributed by atoms with Crippen LogP contribution in [0, 0.1) is 12.8 Å². The largest absolute Gasteiger partial charge is 0.469 e. The van der Waals surface area contributed by atoms with Crippen LogP contribution >= 0.6 is 0 Å². The summed E-state index contributed by atoms with van der Waals surface area (Å²) in [6.07, 6.45) is 1.97. The normalized spacial score (nSPS) is 10.8. The first-order valence-corrected chi connectivity index (χ1v) is 5.64. The van der Waals surface area contributed by atoms with Crippen molar-refractivity contribution in [3.8, 4) is 0 Å². The van der Waals surface area contributed by atoms with E-state index in [1.165, 1.54) is 7.11 Å². The van der Waals surface area contributed by atoms with E-state index in [4.69, 9.17) is 0 Å². The maximum absolute atomic E-state index is 11.0. The molecule has 0 bridgehead atoms. The number of aryl methyl sites for hydroxylation is 2. The van der Waals surface area contributed by atoms with Crippen LogP contribution < -0.4 is 0 Å². The number of hydrogen-bond donors (Lipinski definition) is 1. The number of carbonyl (C=O) groups excluding carboxylic acids is 1. The van der Waals surface area contributed by atoms with Crippen molar-refractivity contribution in [2.75, 3.05) is 7.11 Å². The summed E-state index contributed by atoms with van der Waals surface area (Å²) in [6.45, 7) is 6.36. The highest BCUT2D eigenvalue weighted by Crippen LogP contribution is 2.11. The standard InChI is InChI=1S/C12H20N2O2/c1-8(2)7-10-9(3)13-11(14-10)5-6-12(15)16-4/h8H,5-7H2,1-4H3,(H,13,14). The Morgan fingerprint density at radius 3 is 2.75 bits per heavy atom. The molecule has 1 aromatic rings. The van der Waals surface area contributed by atoms with Crippen molar-refractivity contribution >= 4 is 5.97 Å². The van der Waals surface area contributed by atoms with Crippen LogP contribution in [0.2, 0.25) is 0 Å². The van der Waals surface area contributed by atoms with Crippen LogP contribution in [-0.4, -0.2) is 23.0 Å². The average Bonchev–Trinajstić information content (AvgIpc) is 2.55. The molecular weight excluding hydrogens is 204 g/mol. The van der Waals surface area contributed by atoms with E-state index in [1.54, 1.807) is 0 Å². The van der Waals surface area contributed by atoms with Gasteiger partial charge in [-0.25, -0.2) is 4.98 Å². The maximum Gasteiger partial charge on any atom is 0.305 e. The van der Waals surface area contributed by atoms with Gasteiger partial charge < -0.3 is 9.72 Å². The van der Waals surface area contributed by atoms with Crippen LogP contribution in [0.5, 0.6) is 0 Å². The van der Waals surface area contributed by atoms with Crippen LogP contribution in [0.15, 0.2) is 0 Å². The second kappa shape index (κ2) is 5.68. The summed E-state index contributed by atoms with van der Waals surface area (Å²) < 4.78 is 4.59. The zero-order chi connectivity index (χ0) is 12.1. The summed E-state index contributed by atoms with van der Waals surface area (Å²) in [4.78, 5) is 18.7. The molecule has 4 heteroatoms. The SMILES string of the molecule is COC(=O)CCc1nc(CC(C)C)c(C)[nH]1. The Labute approximate surface area is 96.4 Å². The van der Waals surface area contributed by atoms with Gasteiger partial charge >= 0.3 is 5.97 Å². The number of nitrogens with zero attached hydrogens (tertiary/aromatic N) is 1. The van der Waals surface area contributed by atoms with Crippen molar-refractivity contribution in [3.63, 3.8) is 0 Å². The predicted octanol–water partition coefficient (Wildman–Crippen LogP) is 2.02. The van der Waals surface area contributed by atoms with E-state index in [0.29, 0.717) is 18.8 Å². The van der Waals surface area contributed by atoms with Gasteiger partial charge in [-0.2, -0.15) is 0 Å². The molecule has 1 rings (SSSR count). The Kier molecular flexibility index (Phi) is 4.52. The molecule has 0 aliphatic heterocycles. The minimum atomic E-state index is -0.195. The number of nitrogens with one attached hydrogen (secondary N) is 1. The Hall–Kier alpha value is -1.32. The number of esters is 1. The molecule has 16 heavy (non-hydrogen) atoms. The van der Waals surface area contributed by atoms with Crippen LogP contribution in [0.4, 0.5) is 0 Å². The highest BCUT2D eigenvalue weighted by Gasteiger charge is 2.09. The van der Waals surface area contributed by atoms with Crippen molar-refractivity contribution in [2.24, 2.45) is 5.92 Å². The molecule has 0 fully saturated rings. The smallest absolute Gasteiger partial charge is 0.305 e. The quantitative estimate of drug-likeness (QED) is 0.778. The predicted molar refractivity (Wildman–Crippen MR) is 62.2 cm³/mol. The van der Waals surface area contributed by atoms with Gasteiger partial charge in [0.1, 0.15) is 5.82 Å². The van der Waals surface area contributed by atoms with Gasteiger partial charge in [-0.1, -0.05) is 13.8 Å². The third kappa shape index (κ3) is 3.68. The Balaban J connectivity index is 2.58. The molecular formula is C12H20N2O2. The first-order chi connectivity index (χ1) is 7.52. The van der Waals surface area contributed by atoms with Gasteiger partial charge in [-0.05, 0) is 19.3 Å². The molecule has 0 unspecified atom stereocenters. The lowest BCUT2D eigenvalue weighted by Crippen LogP contribution is -2.03. The van der Waals surface area contributed by atoms with Crippen LogP contribution in [0.1, 0.15) is 37.5 Å². The fraction of sp³-hybridized carbons (Fsp3) is 0.667. The van der Waals surface area contributed by atoms with Crippen LogP contribution in [0.25, 0.3) is 0 Å². The molecule has 0 spiro atoms. The molecule has 4 nitrogen and oxygen atoms in total. The second-order valence-electron chi connectivity index (χ2n) is 4.43. The lowest BCUT2D eigenvalue weighted by atomic mass is 10.1. The van der Waals surface area contributed by atoms with Gasteiger partial charge in [-0.15, -0.1) is 0 Å². The Morgan fingerprint density at radius 1 is 1.50 bits per heavy atom. The average molecular weight is 224 g/mol. The third-order valence-electron chi connectivity index (χ3n) is 2.43. The fourth-order valence-corrected chi connectivity index (χ4v) is 1.59. The third-order valence-corrected chi connectivity index (χ3v) is 2.43. The second-order valence-corrected chi connectivity index (χ2v) is 4.43. The minimum Gasteiger partial charge on any atom is -0.469 e. The van der Waals surface area contributed by atoms with Crippen molar-refractivity contribution in [1.29, 1.82) is 0 Å². The lowest BCUT2D eigenvalue weighted by Gasteiger charge is -2.00. The maximum atomic E-state index is 11.0. The zero-order valence-electron chi connectivity index (χ0n) is 10.5. The molecule has 0 saturated carbocycles. The van der Waals surface area contributed by atoms with E-state index in [-0.39, 0.29) is 5.97 Å². The molecule has 0 atom stereocenters. The molecule has 0 saturated heterocycles. The van der Waals surface area contributed by atoms with E-state index in [9.17, 15) is 4.79 Å². The van der Waals surface area contributed by atoms with Gasteiger partial charge in [-0.3, -0.25) is 4.79 Å². The number of imidazole rings is 1. The van der Waals surface area contributed by atoms with E-state index in [1.807, 2.05) is 6.92 Å². The number of carbonyl (C=O) groups is 1. The van der Waals surface area contributed by atoms with Crippen molar-refractivity contribution in [1.82, 2.24) is 9.97 Å². The monoisotopic (exact) mass is 224 g/mol. The molecule has 0 radical (unpaired) electrons. The molecule has 0 aliphatic rings. The number of methoxy groups -OCH3 is 1. The minimum absolute atomic E-state index is 0.195. The summed E-state index contributed by atoms with van der Waals surface area (Å²) in [7, 11) is 1.40. The van der Waals surface area contributed by atoms with Gasteiger partial charge in [0.2, 0.25) is 0 Å². The molecule has 0 amide bonds. The summed E-state index contributed by atoms with van der Waals surface area (Å²) >= 11 is 0. The van der Waals surface area contributed by atoms with E-state index < -0.39 is 0 Å². The molecule has 0 aliphatic carbocycles. The van der Waals surface area contributed by atoms with Gasteiger partial charge in [0, 0.05) is 12.1 Å². The molecule has 1 N–H and O–H groups in total. The highest BCUT2D eigenvalue weighted by atomic mass is 16.5. The van der Waals surface area contributed by atoms with Crippen LogP contribution in [0.3, 0.4) is 0 Å². The van der Waals surface area contributed by atoms with Crippen molar-refractivity contribution in [3.05, 3.63) is 17.2 Å². The Morgan fingerprint density at radius 2 is 2.19 bits per heavy atom.